The van der Waals surface area contributed by atoms with Crippen molar-refractivity contribution >= 4 is 5.97 Å². The molecule has 1 rings (SSSR count). The molecule has 0 aromatic carbocycles. The van der Waals surface area contributed by atoms with E-state index in [1.165, 1.54) is 0 Å². The van der Waals surface area contributed by atoms with E-state index < -0.39 is 11.4 Å². The van der Waals surface area contributed by atoms with Gasteiger partial charge in [-0.05, 0) is 19.8 Å². The Balaban J connectivity index is 2.68. The zero-order chi connectivity index (χ0) is 9.90. The van der Waals surface area contributed by atoms with Gasteiger partial charge in [0.1, 0.15) is 0 Å². The van der Waals surface area contributed by atoms with E-state index in [0.29, 0.717) is 26.1 Å². The van der Waals surface area contributed by atoms with Crippen molar-refractivity contribution in [1.82, 2.24) is 0 Å². The van der Waals surface area contributed by atoms with Gasteiger partial charge < -0.3 is 14.6 Å². The number of carbonyl (C=O) groups is 1. The average Bonchev–Trinajstić information content (AvgIpc) is 2.45. The van der Waals surface area contributed by atoms with Gasteiger partial charge in [0.25, 0.3) is 0 Å². The lowest BCUT2D eigenvalue weighted by atomic mass is 9.79. The van der Waals surface area contributed by atoms with E-state index in [2.05, 4.69) is 0 Å². The predicted octanol–water partition coefficient (Wildman–Crippen LogP) is 0.903. The van der Waals surface area contributed by atoms with Crippen LogP contribution in [0.1, 0.15) is 19.8 Å². The molecule has 0 bridgehead atoms. The van der Waals surface area contributed by atoms with E-state index in [9.17, 15) is 4.79 Å². The van der Waals surface area contributed by atoms with Crippen molar-refractivity contribution in [2.45, 2.75) is 25.9 Å². The number of aliphatic carboxylic acids is 1. The molecule has 1 heterocycles. The van der Waals surface area contributed by atoms with E-state index in [4.69, 9.17) is 14.6 Å². The van der Waals surface area contributed by atoms with Crippen LogP contribution in [0, 0.1) is 5.41 Å². The van der Waals surface area contributed by atoms with Crippen LogP contribution in [-0.4, -0.2) is 37.5 Å². The van der Waals surface area contributed by atoms with E-state index in [1.807, 2.05) is 6.92 Å². The van der Waals surface area contributed by atoms with E-state index in [0.717, 1.165) is 0 Å². The third kappa shape index (κ3) is 1.84. The summed E-state index contributed by atoms with van der Waals surface area (Å²) in [5.74, 6) is -0.769. The molecule has 0 spiro atoms. The molecule has 2 unspecified atom stereocenters. The highest BCUT2D eigenvalue weighted by Gasteiger charge is 2.47. The summed E-state index contributed by atoms with van der Waals surface area (Å²) >= 11 is 0. The largest absolute Gasteiger partial charge is 0.481 e. The lowest BCUT2D eigenvalue weighted by molar-refractivity contribution is -0.153. The second-order valence-electron chi connectivity index (χ2n) is 3.47. The van der Waals surface area contributed by atoms with Gasteiger partial charge in [-0.1, -0.05) is 0 Å². The van der Waals surface area contributed by atoms with Gasteiger partial charge in [-0.15, -0.1) is 0 Å². The molecule has 0 saturated carbocycles. The maximum absolute atomic E-state index is 11.1. The third-order valence-corrected chi connectivity index (χ3v) is 2.87. The lowest BCUT2D eigenvalue weighted by Crippen LogP contribution is -2.38. The predicted molar refractivity (Wildman–Crippen MR) is 46.6 cm³/mol. The highest BCUT2D eigenvalue weighted by molar-refractivity contribution is 5.75. The maximum atomic E-state index is 11.1. The Kier molecular flexibility index (Phi) is 3.27. The molecule has 1 aliphatic rings. The van der Waals surface area contributed by atoms with Crippen LogP contribution < -0.4 is 0 Å². The number of carboxylic acids is 1. The highest BCUT2D eigenvalue weighted by atomic mass is 16.5. The third-order valence-electron chi connectivity index (χ3n) is 2.87. The SMILES string of the molecule is COCCC1(C(=O)O)CCOC1C. The Labute approximate surface area is 77.8 Å². The summed E-state index contributed by atoms with van der Waals surface area (Å²) in [6.45, 7) is 2.83. The number of ether oxygens (including phenoxy) is 2. The summed E-state index contributed by atoms with van der Waals surface area (Å²) in [6, 6.07) is 0. The minimum atomic E-state index is -0.769. The fraction of sp³-hybridized carbons (Fsp3) is 0.889. The summed E-state index contributed by atoms with van der Waals surface area (Å²) in [5.41, 5.74) is -0.726. The fourth-order valence-electron chi connectivity index (χ4n) is 1.78. The molecular weight excluding hydrogens is 172 g/mol. The van der Waals surface area contributed by atoms with Crippen LogP contribution in [0.25, 0.3) is 0 Å². The zero-order valence-corrected chi connectivity index (χ0v) is 8.08. The van der Waals surface area contributed by atoms with Gasteiger partial charge in [0.05, 0.1) is 11.5 Å². The van der Waals surface area contributed by atoms with Gasteiger partial charge >= 0.3 is 5.97 Å². The molecule has 13 heavy (non-hydrogen) atoms. The Bertz CT molecular complexity index is 192. The molecule has 1 fully saturated rings. The quantitative estimate of drug-likeness (QED) is 0.712. The summed E-state index contributed by atoms with van der Waals surface area (Å²) < 4.78 is 10.2. The van der Waals surface area contributed by atoms with Crippen LogP contribution in [0.2, 0.25) is 0 Å². The van der Waals surface area contributed by atoms with Gasteiger partial charge in [0.2, 0.25) is 0 Å². The van der Waals surface area contributed by atoms with Crippen LogP contribution >= 0.6 is 0 Å². The Hall–Kier alpha value is -0.610. The van der Waals surface area contributed by atoms with Crippen molar-refractivity contribution in [2.24, 2.45) is 5.41 Å². The van der Waals surface area contributed by atoms with Crippen LogP contribution in [0.5, 0.6) is 0 Å². The van der Waals surface area contributed by atoms with E-state index >= 15 is 0 Å². The van der Waals surface area contributed by atoms with Crippen molar-refractivity contribution in [1.29, 1.82) is 0 Å². The van der Waals surface area contributed by atoms with Crippen LogP contribution in [0.15, 0.2) is 0 Å². The van der Waals surface area contributed by atoms with Gasteiger partial charge in [-0.2, -0.15) is 0 Å². The molecule has 0 amide bonds. The normalized spacial score (nSPS) is 33.5. The summed E-state index contributed by atoms with van der Waals surface area (Å²) in [6.07, 6.45) is 0.910. The first-order valence-corrected chi connectivity index (χ1v) is 4.47. The van der Waals surface area contributed by atoms with Crippen molar-refractivity contribution < 1.29 is 19.4 Å². The first-order chi connectivity index (χ1) is 6.13. The highest BCUT2D eigenvalue weighted by Crippen LogP contribution is 2.38. The number of carboxylic acid groups (broad SMARTS) is 1. The van der Waals surface area contributed by atoms with E-state index in [1.54, 1.807) is 7.11 Å². The van der Waals surface area contributed by atoms with Crippen LogP contribution in [0.4, 0.5) is 0 Å². The minimum absolute atomic E-state index is 0.208. The smallest absolute Gasteiger partial charge is 0.312 e. The number of hydrogen-bond donors (Lipinski definition) is 1. The topological polar surface area (TPSA) is 55.8 Å². The molecular formula is C9H16O4. The number of rotatable bonds is 4. The minimum Gasteiger partial charge on any atom is -0.481 e. The summed E-state index contributed by atoms with van der Waals surface area (Å²) in [4.78, 5) is 11.1. The van der Waals surface area contributed by atoms with Crippen molar-refractivity contribution in [3.8, 4) is 0 Å². The standard InChI is InChI=1S/C9H16O4/c1-7-9(8(10)11,3-5-12-2)4-6-13-7/h7H,3-6H2,1-2H3,(H,10,11). The molecule has 1 N–H and O–H groups in total. The van der Waals surface area contributed by atoms with Crippen molar-refractivity contribution in [3.05, 3.63) is 0 Å². The van der Waals surface area contributed by atoms with Gasteiger partial charge in [0, 0.05) is 20.3 Å². The number of methoxy groups -OCH3 is 1. The molecule has 76 valence electrons. The molecule has 4 nitrogen and oxygen atoms in total. The lowest BCUT2D eigenvalue weighted by Gasteiger charge is -2.26. The average molecular weight is 188 g/mol. The molecule has 1 saturated heterocycles. The molecule has 0 radical (unpaired) electrons. The second kappa shape index (κ2) is 4.07. The van der Waals surface area contributed by atoms with Gasteiger partial charge in [0.15, 0.2) is 0 Å². The molecule has 0 aromatic heterocycles. The second-order valence-corrected chi connectivity index (χ2v) is 3.47. The number of hydrogen-bond acceptors (Lipinski definition) is 3. The van der Waals surface area contributed by atoms with E-state index in [-0.39, 0.29) is 6.10 Å². The van der Waals surface area contributed by atoms with Crippen molar-refractivity contribution in [3.63, 3.8) is 0 Å². The van der Waals surface area contributed by atoms with Crippen LogP contribution in [-0.2, 0) is 14.3 Å². The Morgan fingerprint density at radius 3 is 2.85 bits per heavy atom. The molecule has 0 aromatic rings. The van der Waals surface area contributed by atoms with Gasteiger partial charge in [-0.3, -0.25) is 4.79 Å². The Morgan fingerprint density at radius 2 is 2.46 bits per heavy atom. The van der Waals surface area contributed by atoms with Crippen molar-refractivity contribution in [2.75, 3.05) is 20.3 Å². The summed E-state index contributed by atoms with van der Waals surface area (Å²) in [5, 5.41) is 9.13. The van der Waals surface area contributed by atoms with Crippen LogP contribution in [0.3, 0.4) is 0 Å². The molecule has 1 aliphatic heterocycles. The monoisotopic (exact) mass is 188 g/mol. The molecule has 0 aliphatic carbocycles. The molecule has 4 heteroatoms. The Morgan fingerprint density at radius 1 is 1.77 bits per heavy atom. The fourth-order valence-corrected chi connectivity index (χ4v) is 1.78. The first-order valence-electron chi connectivity index (χ1n) is 4.47. The maximum Gasteiger partial charge on any atom is 0.312 e. The summed E-state index contributed by atoms with van der Waals surface area (Å²) in [7, 11) is 1.58. The zero-order valence-electron chi connectivity index (χ0n) is 8.08. The first kappa shape index (κ1) is 10.5. The molecule has 2 atom stereocenters. The van der Waals surface area contributed by atoms with Gasteiger partial charge in [-0.25, -0.2) is 0 Å².